The van der Waals surface area contributed by atoms with Gasteiger partial charge in [0, 0.05) is 5.69 Å². The molecule has 0 bridgehead atoms. The lowest BCUT2D eigenvalue weighted by Gasteiger charge is -2.06. The molecule has 0 radical (unpaired) electrons. The minimum Gasteiger partial charge on any atom is -0.284 e. The van der Waals surface area contributed by atoms with Gasteiger partial charge in [0.1, 0.15) is 0 Å². The summed E-state index contributed by atoms with van der Waals surface area (Å²) in [7, 11) is -6.61. The Hall–Kier alpha value is -1.12. The van der Waals surface area contributed by atoms with Crippen LogP contribution in [0.5, 0.6) is 0 Å². The van der Waals surface area contributed by atoms with Crippen LogP contribution in [0.3, 0.4) is 0 Å². The van der Waals surface area contributed by atoms with Gasteiger partial charge in [-0.15, -0.1) is 0 Å². The molecule has 0 atom stereocenters. The number of hydrogen-bond acceptors (Lipinski definition) is 5. The number of nitrogens with one attached hydrogen (secondary N) is 1. The Morgan fingerprint density at radius 2 is 1.60 bits per heavy atom. The van der Waals surface area contributed by atoms with E-state index in [2.05, 4.69) is 8.91 Å². The maximum Gasteiger partial charge on any atom is 0.264 e. The van der Waals surface area contributed by atoms with Crippen LogP contribution in [0.1, 0.15) is 18.4 Å². The normalized spacial score (nSPS) is 12.3. The summed E-state index contributed by atoms with van der Waals surface area (Å²) < 4.78 is 50.6. The fraction of sp³-hybridized carbons (Fsp3) is 0.500. The standard InChI is InChI=1S/C12H19NO5S2/c1-19(14,15)13-12-8-6-11(7-9-12)5-3-4-10-18-20(2,16)17/h6-9,13H,3-5,10H2,1-2H3. The molecule has 1 aromatic carbocycles. The molecule has 0 saturated carbocycles. The number of anilines is 1. The summed E-state index contributed by atoms with van der Waals surface area (Å²) in [5.74, 6) is 0. The molecule has 0 aliphatic carbocycles. The largest absolute Gasteiger partial charge is 0.284 e. The highest BCUT2D eigenvalue weighted by molar-refractivity contribution is 7.92. The van der Waals surface area contributed by atoms with Crippen LogP contribution >= 0.6 is 0 Å². The molecule has 114 valence electrons. The van der Waals surface area contributed by atoms with Crippen LogP contribution < -0.4 is 4.72 Å². The lowest BCUT2D eigenvalue weighted by atomic mass is 10.1. The minimum atomic E-state index is -3.36. The number of sulfonamides is 1. The summed E-state index contributed by atoms with van der Waals surface area (Å²) in [6.07, 6.45) is 4.36. The van der Waals surface area contributed by atoms with E-state index in [0.29, 0.717) is 12.1 Å². The molecule has 0 saturated heterocycles. The van der Waals surface area contributed by atoms with Gasteiger partial charge in [0.15, 0.2) is 0 Å². The van der Waals surface area contributed by atoms with Gasteiger partial charge < -0.3 is 0 Å². The fourth-order valence-corrected chi connectivity index (χ4v) is 2.58. The average Bonchev–Trinajstić information content (AvgIpc) is 2.27. The van der Waals surface area contributed by atoms with Crippen molar-refractivity contribution in [2.24, 2.45) is 0 Å². The van der Waals surface area contributed by atoms with E-state index >= 15 is 0 Å². The van der Waals surface area contributed by atoms with Gasteiger partial charge in [0.25, 0.3) is 10.1 Å². The average molecular weight is 321 g/mol. The molecule has 0 aliphatic heterocycles. The van der Waals surface area contributed by atoms with Crippen molar-refractivity contribution in [2.75, 3.05) is 23.8 Å². The van der Waals surface area contributed by atoms with Gasteiger partial charge >= 0.3 is 0 Å². The van der Waals surface area contributed by atoms with Crippen LogP contribution in [-0.2, 0) is 30.7 Å². The Morgan fingerprint density at radius 3 is 2.10 bits per heavy atom. The lowest BCUT2D eigenvalue weighted by Crippen LogP contribution is -2.09. The molecular weight excluding hydrogens is 302 g/mol. The molecule has 0 fully saturated rings. The third-order valence-electron chi connectivity index (χ3n) is 2.41. The summed E-state index contributed by atoms with van der Waals surface area (Å²) >= 11 is 0. The van der Waals surface area contributed by atoms with Crippen molar-refractivity contribution in [3.8, 4) is 0 Å². The Labute approximate surface area is 120 Å². The molecule has 0 aromatic heterocycles. The van der Waals surface area contributed by atoms with Gasteiger partial charge in [-0.25, -0.2) is 8.42 Å². The van der Waals surface area contributed by atoms with E-state index in [0.717, 1.165) is 30.9 Å². The zero-order valence-corrected chi connectivity index (χ0v) is 13.1. The van der Waals surface area contributed by atoms with Crippen LogP contribution in [0.2, 0.25) is 0 Å². The summed E-state index contributed by atoms with van der Waals surface area (Å²) in [5.41, 5.74) is 1.58. The number of rotatable bonds is 8. The number of hydrogen-bond donors (Lipinski definition) is 1. The molecule has 6 nitrogen and oxygen atoms in total. The number of benzene rings is 1. The van der Waals surface area contributed by atoms with Gasteiger partial charge in [-0.3, -0.25) is 8.91 Å². The Morgan fingerprint density at radius 1 is 1.00 bits per heavy atom. The maximum absolute atomic E-state index is 11.0. The molecule has 1 N–H and O–H groups in total. The third-order valence-corrected chi connectivity index (χ3v) is 3.62. The Balaban J connectivity index is 2.35. The summed E-state index contributed by atoms with van der Waals surface area (Å²) in [6.45, 7) is 0.187. The van der Waals surface area contributed by atoms with E-state index in [4.69, 9.17) is 0 Å². The van der Waals surface area contributed by atoms with Crippen LogP contribution in [0, 0.1) is 0 Å². The Bertz CT molecular complexity index is 620. The van der Waals surface area contributed by atoms with E-state index in [9.17, 15) is 16.8 Å². The molecule has 0 spiro atoms. The quantitative estimate of drug-likeness (QED) is 0.577. The van der Waals surface area contributed by atoms with E-state index in [1.807, 2.05) is 12.1 Å². The van der Waals surface area contributed by atoms with Crippen molar-refractivity contribution >= 4 is 25.8 Å². The Kier molecular flexibility index (Phi) is 5.97. The van der Waals surface area contributed by atoms with Crippen LogP contribution in [0.4, 0.5) is 5.69 Å². The summed E-state index contributed by atoms with van der Waals surface area (Å²) in [5, 5.41) is 0. The summed E-state index contributed by atoms with van der Waals surface area (Å²) in [4.78, 5) is 0. The van der Waals surface area contributed by atoms with Gasteiger partial charge in [-0.1, -0.05) is 12.1 Å². The molecule has 0 unspecified atom stereocenters. The first kappa shape index (κ1) is 16.9. The second-order valence-corrected chi connectivity index (χ2v) is 7.95. The molecule has 8 heteroatoms. The van der Waals surface area contributed by atoms with Gasteiger partial charge in [-0.2, -0.15) is 8.42 Å². The van der Waals surface area contributed by atoms with Gasteiger partial charge in [0.2, 0.25) is 10.0 Å². The lowest BCUT2D eigenvalue weighted by molar-refractivity contribution is 0.312. The van der Waals surface area contributed by atoms with E-state index in [1.165, 1.54) is 0 Å². The SMILES string of the molecule is CS(=O)(=O)Nc1ccc(CCCCOS(C)(=O)=O)cc1. The first-order chi connectivity index (χ1) is 9.16. The predicted molar refractivity (Wildman–Crippen MR) is 78.6 cm³/mol. The van der Waals surface area contributed by atoms with E-state index < -0.39 is 20.1 Å². The van der Waals surface area contributed by atoms with Crippen LogP contribution in [0.25, 0.3) is 0 Å². The molecule has 0 amide bonds. The topological polar surface area (TPSA) is 89.5 Å². The van der Waals surface area contributed by atoms with Crippen LogP contribution in [0.15, 0.2) is 24.3 Å². The maximum atomic E-state index is 11.0. The van der Waals surface area contributed by atoms with E-state index in [-0.39, 0.29) is 6.61 Å². The van der Waals surface area contributed by atoms with Crippen LogP contribution in [-0.4, -0.2) is 36.0 Å². The van der Waals surface area contributed by atoms with Crippen molar-refractivity contribution < 1.29 is 21.0 Å². The second-order valence-electron chi connectivity index (χ2n) is 4.55. The predicted octanol–water partition coefficient (Wildman–Crippen LogP) is 1.36. The van der Waals surface area contributed by atoms with E-state index in [1.54, 1.807) is 12.1 Å². The van der Waals surface area contributed by atoms with Crippen molar-refractivity contribution in [1.82, 2.24) is 0 Å². The smallest absolute Gasteiger partial charge is 0.264 e. The third kappa shape index (κ3) is 8.13. The highest BCUT2D eigenvalue weighted by Crippen LogP contribution is 2.12. The second kappa shape index (κ2) is 7.05. The molecular formula is C12H19NO5S2. The minimum absolute atomic E-state index is 0.187. The van der Waals surface area contributed by atoms with Crippen molar-refractivity contribution in [3.05, 3.63) is 29.8 Å². The fourth-order valence-electron chi connectivity index (χ4n) is 1.60. The van der Waals surface area contributed by atoms with Crippen molar-refractivity contribution in [2.45, 2.75) is 19.3 Å². The zero-order chi connectivity index (χ0) is 15.2. The highest BCUT2D eigenvalue weighted by Gasteiger charge is 2.03. The van der Waals surface area contributed by atoms with Crippen molar-refractivity contribution in [1.29, 1.82) is 0 Å². The van der Waals surface area contributed by atoms with Gasteiger partial charge in [0.05, 0.1) is 19.1 Å². The summed E-state index contributed by atoms with van der Waals surface area (Å²) in [6, 6.07) is 7.07. The monoisotopic (exact) mass is 321 g/mol. The molecule has 0 heterocycles. The molecule has 20 heavy (non-hydrogen) atoms. The molecule has 1 aromatic rings. The molecule has 1 rings (SSSR count). The molecule has 0 aliphatic rings. The first-order valence-electron chi connectivity index (χ1n) is 6.07. The highest BCUT2D eigenvalue weighted by atomic mass is 32.2. The number of unbranched alkanes of at least 4 members (excludes halogenated alkanes) is 1. The zero-order valence-electron chi connectivity index (χ0n) is 11.5. The van der Waals surface area contributed by atoms with Crippen molar-refractivity contribution in [3.63, 3.8) is 0 Å². The number of aryl methyl sites for hydroxylation is 1. The first-order valence-corrected chi connectivity index (χ1v) is 9.78. The van der Waals surface area contributed by atoms with Gasteiger partial charge in [-0.05, 0) is 37.0 Å².